The molecule has 1 aliphatic heterocycles. The minimum absolute atomic E-state index is 0.0659. The highest BCUT2D eigenvalue weighted by atomic mass is 35.5. The summed E-state index contributed by atoms with van der Waals surface area (Å²) in [6.45, 7) is 5.90. The molecule has 1 atom stereocenters. The number of nitrogens with zero attached hydrogens (tertiary/aromatic N) is 3. The van der Waals surface area contributed by atoms with Crippen molar-refractivity contribution in [2.24, 2.45) is 0 Å². The number of carbonyl (C=O) groups is 1. The second-order valence-corrected chi connectivity index (χ2v) is 8.31. The first-order chi connectivity index (χ1) is 14.1. The zero-order valence-electron chi connectivity index (χ0n) is 17.1. The molecule has 1 saturated heterocycles. The average Bonchev–Trinajstić information content (AvgIpc) is 3.50. The number of hydrogen-bond acceptors (Lipinski definition) is 5. The summed E-state index contributed by atoms with van der Waals surface area (Å²) < 4.78 is 13.1. The Hall–Kier alpha value is -1.67. The van der Waals surface area contributed by atoms with Crippen LogP contribution in [0.25, 0.3) is 11.0 Å². The molecule has 2 aliphatic rings. The van der Waals surface area contributed by atoms with E-state index in [-0.39, 0.29) is 11.9 Å². The summed E-state index contributed by atoms with van der Waals surface area (Å²) in [5.74, 6) is 0.0659. The van der Waals surface area contributed by atoms with E-state index in [1.165, 1.54) is 0 Å². The first-order valence-corrected chi connectivity index (χ1v) is 10.7. The van der Waals surface area contributed by atoms with Crippen molar-refractivity contribution < 1.29 is 14.3 Å². The highest BCUT2D eigenvalue weighted by Crippen LogP contribution is 2.34. The topological polar surface area (TPSA) is 68.6 Å². The summed E-state index contributed by atoms with van der Waals surface area (Å²) in [6.07, 6.45) is 4.67. The Morgan fingerprint density at radius 3 is 3.00 bits per heavy atom. The van der Waals surface area contributed by atoms with Gasteiger partial charge in [0.05, 0.1) is 11.6 Å². The zero-order chi connectivity index (χ0) is 20.4. The van der Waals surface area contributed by atoms with E-state index in [1.807, 2.05) is 17.9 Å². The fourth-order valence-electron chi connectivity index (χ4n) is 3.97. The number of aryl methyl sites for hydroxylation is 2. The molecule has 2 fully saturated rings. The molecule has 8 heteroatoms. The van der Waals surface area contributed by atoms with Crippen LogP contribution in [0.1, 0.15) is 30.5 Å². The van der Waals surface area contributed by atoms with Gasteiger partial charge in [0.25, 0.3) is 5.91 Å². The lowest BCUT2D eigenvalue weighted by atomic mass is 10.1. The maximum atomic E-state index is 13.2. The Kier molecular flexibility index (Phi) is 6.39. The Morgan fingerprint density at radius 2 is 2.31 bits per heavy atom. The molecule has 7 nitrogen and oxygen atoms in total. The van der Waals surface area contributed by atoms with Gasteiger partial charge in [-0.2, -0.15) is 0 Å². The van der Waals surface area contributed by atoms with Gasteiger partial charge in [-0.05, 0) is 32.3 Å². The fraction of sp³-hybridized carbons (Fsp3) is 0.619. The van der Waals surface area contributed by atoms with E-state index in [9.17, 15) is 4.79 Å². The van der Waals surface area contributed by atoms with Gasteiger partial charge in [-0.3, -0.25) is 4.79 Å². The quantitative estimate of drug-likeness (QED) is 0.664. The molecule has 0 aromatic carbocycles. The van der Waals surface area contributed by atoms with E-state index < -0.39 is 6.10 Å². The van der Waals surface area contributed by atoms with Gasteiger partial charge < -0.3 is 24.3 Å². The van der Waals surface area contributed by atoms with E-state index in [0.29, 0.717) is 31.3 Å². The molecule has 0 unspecified atom stereocenters. The first-order valence-electron chi connectivity index (χ1n) is 10.3. The third kappa shape index (κ3) is 4.58. The number of ether oxygens (including phenoxy) is 2. The maximum absolute atomic E-state index is 13.2. The van der Waals surface area contributed by atoms with Crippen molar-refractivity contribution in [3.05, 3.63) is 28.5 Å². The number of aromatic nitrogens is 2. The molecule has 0 radical (unpaired) electrons. The van der Waals surface area contributed by atoms with E-state index >= 15 is 0 Å². The highest BCUT2D eigenvalue weighted by molar-refractivity contribution is 6.35. The Bertz CT molecular complexity index is 874. The lowest BCUT2D eigenvalue weighted by Gasteiger charge is -2.30. The summed E-state index contributed by atoms with van der Waals surface area (Å²) in [5.41, 5.74) is 2.80. The number of pyridine rings is 1. The first kappa shape index (κ1) is 20.6. The number of fused-ring (bicyclic) bond motifs is 1. The van der Waals surface area contributed by atoms with Crippen LogP contribution in [0.15, 0.2) is 12.3 Å². The number of carbonyl (C=O) groups excluding carboxylic acids is 1. The monoisotopic (exact) mass is 420 g/mol. The van der Waals surface area contributed by atoms with Gasteiger partial charge in [0.15, 0.2) is 0 Å². The molecule has 3 heterocycles. The molecule has 0 bridgehead atoms. The van der Waals surface area contributed by atoms with Crippen LogP contribution in [-0.4, -0.2) is 65.9 Å². The second kappa shape index (κ2) is 9.00. The van der Waals surface area contributed by atoms with Gasteiger partial charge in [0, 0.05) is 68.8 Å². The van der Waals surface area contributed by atoms with Gasteiger partial charge in [0.1, 0.15) is 11.8 Å². The number of nitrogens with one attached hydrogen (secondary N) is 1. The molecular weight excluding hydrogens is 392 g/mol. The summed E-state index contributed by atoms with van der Waals surface area (Å²) in [7, 11) is 1.71. The van der Waals surface area contributed by atoms with Crippen molar-refractivity contribution in [3.63, 3.8) is 0 Å². The summed E-state index contributed by atoms with van der Waals surface area (Å²) in [6, 6.07) is 2.18. The number of hydrogen-bond donors (Lipinski definition) is 1. The van der Waals surface area contributed by atoms with Crippen LogP contribution in [0.2, 0.25) is 5.02 Å². The number of halogens is 1. The van der Waals surface area contributed by atoms with Crippen LogP contribution in [0.3, 0.4) is 0 Å². The lowest BCUT2D eigenvalue weighted by molar-refractivity contribution is -0.146. The molecule has 1 saturated carbocycles. The SMILES string of the molecule is COCCCn1cc(CN(C(=O)[C@H]2CNCCO2)C2CC2)c2c(Cl)cc(C)nc21. The number of rotatable bonds is 8. The Morgan fingerprint density at radius 1 is 1.48 bits per heavy atom. The fourth-order valence-corrected chi connectivity index (χ4v) is 4.34. The van der Waals surface area contributed by atoms with Crippen LogP contribution >= 0.6 is 11.6 Å². The molecule has 0 spiro atoms. The van der Waals surface area contributed by atoms with Crippen molar-refractivity contribution in [2.75, 3.05) is 33.4 Å². The van der Waals surface area contributed by atoms with E-state index in [1.54, 1.807) is 7.11 Å². The van der Waals surface area contributed by atoms with Crippen molar-refractivity contribution in [3.8, 4) is 0 Å². The van der Waals surface area contributed by atoms with Crippen LogP contribution in [-0.2, 0) is 27.4 Å². The average molecular weight is 421 g/mol. The zero-order valence-corrected chi connectivity index (χ0v) is 17.9. The number of amides is 1. The van der Waals surface area contributed by atoms with Crippen molar-refractivity contribution in [1.29, 1.82) is 0 Å². The largest absolute Gasteiger partial charge is 0.385 e. The Labute approximate surface area is 176 Å². The smallest absolute Gasteiger partial charge is 0.253 e. The minimum Gasteiger partial charge on any atom is -0.385 e. The number of methoxy groups -OCH3 is 1. The van der Waals surface area contributed by atoms with E-state index in [2.05, 4.69) is 16.1 Å². The van der Waals surface area contributed by atoms with Gasteiger partial charge >= 0.3 is 0 Å². The van der Waals surface area contributed by atoms with Crippen LogP contribution in [0.5, 0.6) is 0 Å². The maximum Gasteiger partial charge on any atom is 0.253 e. The van der Waals surface area contributed by atoms with Crippen molar-refractivity contribution in [1.82, 2.24) is 19.8 Å². The lowest BCUT2D eigenvalue weighted by Crippen LogP contribution is -2.49. The Balaban J connectivity index is 1.63. The van der Waals surface area contributed by atoms with Crippen molar-refractivity contribution in [2.45, 2.75) is 51.4 Å². The third-order valence-corrected chi connectivity index (χ3v) is 5.85. The molecule has 1 aliphatic carbocycles. The molecule has 158 valence electrons. The van der Waals surface area contributed by atoms with Gasteiger partial charge in [-0.25, -0.2) is 4.98 Å². The summed E-state index contributed by atoms with van der Waals surface area (Å²) in [4.78, 5) is 19.9. The van der Waals surface area contributed by atoms with Gasteiger partial charge in [-0.1, -0.05) is 11.6 Å². The molecule has 4 rings (SSSR count). The normalized spacial score (nSPS) is 19.6. The van der Waals surface area contributed by atoms with Gasteiger partial charge in [-0.15, -0.1) is 0 Å². The van der Waals surface area contributed by atoms with E-state index in [4.69, 9.17) is 26.1 Å². The predicted molar refractivity (Wildman–Crippen MR) is 112 cm³/mol. The molecule has 1 amide bonds. The summed E-state index contributed by atoms with van der Waals surface area (Å²) in [5, 5.41) is 4.88. The van der Waals surface area contributed by atoms with Crippen LogP contribution < -0.4 is 5.32 Å². The second-order valence-electron chi connectivity index (χ2n) is 7.90. The molecular formula is C21H29ClN4O3. The highest BCUT2D eigenvalue weighted by Gasteiger charge is 2.37. The minimum atomic E-state index is -0.407. The molecule has 2 aromatic heterocycles. The molecule has 2 aromatic rings. The van der Waals surface area contributed by atoms with E-state index in [0.717, 1.165) is 54.6 Å². The standard InChI is InChI=1S/C21H29ClN4O3/c1-14-10-17(22)19-15(12-25(20(19)24-14)7-3-8-28-2)13-26(16-4-5-16)21(27)18-11-23-6-9-29-18/h10,12,16,18,23H,3-9,11,13H2,1-2H3/t18-/m1/s1. The van der Waals surface area contributed by atoms with Crippen LogP contribution in [0, 0.1) is 6.92 Å². The predicted octanol–water partition coefficient (Wildman–Crippen LogP) is 2.51. The summed E-state index contributed by atoms with van der Waals surface area (Å²) >= 11 is 6.63. The molecule has 1 N–H and O–H groups in total. The molecule has 29 heavy (non-hydrogen) atoms. The van der Waals surface area contributed by atoms with Crippen molar-refractivity contribution >= 4 is 28.5 Å². The number of morpholine rings is 1. The third-order valence-electron chi connectivity index (χ3n) is 5.55. The van der Waals surface area contributed by atoms with Gasteiger partial charge in [0.2, 0.25) is 0 Å². The van der Waals surface area contributed by atoms with Crippen LogP contribution in [0.4, 0.5) is 0 Å².